The number of hydrogen-bond acceptors (Lipinski definition) is 3. The summed E-state index contributed by atoms with van der Waals surface area (Å²) >= 11 is 1.89. The highest BCUT2D eigenvalue weighted by Gasteiger charge is 2.28. The first-order valence-corrected chi connectivity index (χ1v) is 8.60. The standard InChI is InChI=1S/C17H24N2S.2ClH/c1-3-13(2)17(19-10-8-18-9-11-19)15-12-20-16-7-5-4-6-14(15)16;;/h4-7,12-13,17-18H,3,8-11H2,1-2H3;2*1H/t13?,17-;;/m0../s1. The molecule has 0 aliphatic carbocycles. The fraction of sp³-hybridized carbons (Fsp3) is 0.529. The van der Waals surface area contributed by atoms with Crippen LogP contribution < -0.4 is 5.32 Å². The molecule has 1 unspecified atom stereocenters. The molecule has 124 valence electrons. The van der Waals surface area contributed by atoms with E-state index in [4.69, 9.17) is 0 Å². The van der Waals surface area contributed by atoms with Gasteiger partial charge in [0.2, 0.25) is 0 Å². The van der Waals surface area contributed by atoms with Crippen LogP contribution in [0.1, 0.15) is 31.9 Å². The van der Waals surface area contributed by atoms with E-state index in [9.17, 15) is 0 Å². The molecule has 1 aliphatic heterocycles. The molecule has 2 nitrogen and oxygen atoms in total. The topological polar surface area (TPSA) is 15.3 Å². The SMILES string of the molecule is CCC(C)[C@@H](c1csc2ccccc12)N1CCNCC1.Cl.Cl. The van der Waals surface area contributed by atoms with E-state index in [1.807, 2.05) is 11.3 Å². The quantitative estimate of drug-likeness (QED) is 0.846. The monoisotopic (exact) mass is 360 g/mol. The van der Waals surface area contributed by atoms with E-state index in [1.54, 1.807) is 5.56 Å². The van der Waals surface area contributed by atoms with Crippen LogP contribution in [0.3, 0.4) is 0 Å². The smallest absolute Gasteiger partial charge is 0.0389 e. The highest BCUT2D eigenvalue weighted by molar-refractivity contribution is 7.17. The van der Waals surface area contributed by atoms with Gasteiger partial charge in [-0.1, -0.05) is 38.5 Å². The van der Waals surface area contributed by atoms with E-state index in [0.717, 1.165) is 13.1 Å². The number of halogens is 2. The van der Waals surface area contributed by atoms with E-state index >= 15 is 0 Å². The van der Waals surface area contributed by atoms with Gasteiger partial charge in [-0.2, -0.15) is 0 Å². The van der Waals surface area contributed by atoms with Crippen molar-refractivity contribution in [3.8, 4) is 0 Å². The van der Waals surface area contributed by atoms with Gasteiger partial charge in [0, 0.05) is 36.9 Å². The first kappa shape index (κ1) is 19.7. The highest BCUT2D eigenvalue weighted by Crippen LogP contribution is 2.38. The molecule has 1 aromatic carbocycles. The van der Waals surface area contributed by atoms with Crippen molar-refractivity contribution in [1.29, 1.82) is 0 Å². The van der Waals surface area contributed by atoms with Gasteiger partial charge < -0.3 is 5.32 Å². The maximum absolute atomic E-state index is 3.47. The van der Waals surface area contributed by atoms with Gasteiger partial charge in [0.25, 0.3) is 0 Å². The van der Waals surface area contributed by atoms with Crippen LogP contribution in [-0.4, -0.2) is 31.1 Å². The van der Waals surface area contributed by atoms with Crippen molar-refractivity contribution in [1.82, 2.24) is 10.2 Å². The molecule has 1 aliphatic rings. The number of benzene rings is 1. The predicted molar refractivity (Wildman–Crippen MR) is 103 cm³/mol. The zero-order valence-corrected chi connectivity index (χ0v) is 15.7. The van der Waals surface area contributed by atoms with Crippen LogP contribution in [0, 0.1) is 5.92 Å². The molecule has 1 saturated heterocycles. The van der Waals surface area contributed by atoms with Crippen molar-refractivity contribution in [3.63, 3.8) is 0 Å². The van der Waals surface area contributed by atoms with Gasteiger partial charge in [-0.3, -0.25) is 4.90 Å². The van der Waals surface area contributed by atoms with Crippen molar-refractivity contribution < 1.29 is 0 Å². The number of nitrogens with one attached hydrogen (secondary N) is 1. The van der Waals surface area contributed by atoms with Crippen molar-refractivity contribution in [2.75, 3.05) is 26.2 Å². The lowest BCUT2D eigenvalue weighted by Gasteiger charge is -2.38. The summed E-state index contributed by atoms with van der Waals surface area (Å²) in [7, 11) is 0. The zero-order valence-electron chi connectivity index (χ0n) is 13.2. The summed E-state index contributed by atoms with van der Waals surface area (Å²) in [6.07, 6.45) is 1.23. The summed E-state index contributed by atoms with van der Waals surface area (Å²) in [6.45, 7) is 9.29. The van der Waals surface area contributed by atoms with Crippen LogP contribution in [0.5, 0.6) is 0 Å². The van der Waals surface area contributed by atoms with Gasteiger partial charge in [-0.25, -0.2) is 0 Å². The van der Waals surface area contributed by atoms with Crippen molar-refractivity contribution >= 4 is 46.2 Å². The average Bonchev–Trinajstić information content (AvgIpc) is 2.92. The van der Waals surface area contributed by atoms with Gasteiger partial charge in [-0.05, 0) is 28.3 Å². The molecule has 0 saturated carbocycles. The third-order valence-corrected chi connectivity index (χ3v) is 5.54. The second-order valence-corrected chi connectivity index (χ2v) is 6.71. The summed E-state index contributed by atoms with van der Waals surface area (Å²) in [6, 6.07) is 9.42. The molecule has 0 bridgehead atoms. The number of fused-ring (bicyclic) bond motifs is 1. The van der Waals surface area contributed by atoms with Gasteiger partial charge in [0.05, 0.1) is 0 Å². The van der Waals surface area contributed by atoms with Gasteiger partial charge in [0.15, 0.2) is 0 Å². The van der Waals surface area contributed by atoms with Crippen LogP contribution in [0.15, 0.2) is 29.6 Å². The summed E-state index contributed by atoms with van der Waals surface area (Å²) in [5, 5.41) is 7.32. The lowest BCUT2D eigenvalue weighted by atomic mass is 9.90. The van der Waals surface area contributed by atoms with Crippen LogP contribution in [0.4, 0.5) is 0 Å². The third-order valence-electron chi connectivity index (χ3n) is 4.56. The van der Waals surface area contributed by atoms with E-state index in [0.29, 0.717) is 12.0 Å². The molecule has 1 N–H and O–H groups in total. The summed E-state index contributed by atoms with van der Waals surface area (Å²) in [5.74, 6) is 0.700. The van der Waals surface area contributed by atoms with Crippen molar-refractivity contribution in [3.05, 3.63) is 35.2 Å². The predicted octanol–water partition coefficient (Wildman–Crippen LogP) is 4.74. The molecule has 0 radical (unpaired) electrons. The van der Waals surface area contributed by atoms with Gasteiger partial charge >= 0.3 is 0 Å². The highest BCUT2D eigenvalue weighted by atomic mass is 35.5. The number of piperazine rings is 1. The Balaban J connectivity index is 0.00000121. The fourth-order valence-electron chi connectivity index (χ4n) is 3.27. The number of thiophene rings is 1. The molecular formula is C17H26Cl2N2S. The molecule has 22 heavy (non-hydrogen) atoms. The molecule has 1 aromatic heterocycles. The molecule has 2 atom stereocenters. The second-order valence-electron chi connectivity index (χ2n) is 5.80. The first-order chi connectivity index (χ1) is 9.81. The van der Waals surface area contributed by atoms with E-state index < -0.39 is 0 Å². The minimum atomic E-state index is 0. The minimum absolute atomic E-state index is 0. The maximum atomic E-state index is 3.47. The molecular weight excluding hydrogens is 335 g/mol. The Morgan fingerprint density at radius 3 is 2.55 bits per heavy atom. The van der Waals surface area contributed by atoms with E-state index in [1.165, 1.54) is 29.6 Å². The van der Waals surface area contributed by atoms with Crippen LogP contribution in [-0.2, 0) is 0 Å². The average molecular weight is 361 g/mol. The van der Waals surface area contributed by atoms with Crippen LogP contribution in [0.2, 0.25) is 0 Å². The Morgan fingerprint density at radius 2 is 1.86 bits per heavy atom. The Morgan fingerprint density at radius 1 is 1.18 bits per heavy atom. The lowest BCUT2D eigenvalue weighted by Crippen LogP contribution is -2.46. The number of hydrogen-bond donors (Lipinski definition) is 1. The fourth-order valence-corrected chi connectivity index (χ4v) is 4.26. The normalized spacial score (nSPS) is 18.3. The van der Waals surface area contributed by atoms with Crippen LogP contribution in [0.25, 0.3) is 10.1 Å². The Labute approximate surface area is 150 Å². The van der Waals surface area contributed by atoms with Crippen molar-refractivity contribution in [2.45, 2.75) is 26.3 Å². The Bertz CT molecular complexity index is 567. The minimum Gasteiger partial charge on any atom is -0.314 e. The summed E-state index contributed by atoms with van der Waals surface area (Å²) in [4.78, 5) is 2.68. The molecule has 1 fully saturated rings. The Kier molecular flexibility index (Phi) is 8.15. The van der Waals surface area contributed by atoms with E-state index in [2.05, 4.69) is 53.7 Å². The summed E-state index contributed by atoms with van der Waals surface area (Å²) in [5.41, 5.74) is 1.54. The molecule has 0 amide bonds. The lowest BCUT2D eigenvalue weighted by molar-refractivity contribution is 0.130. The number of nitrogens with zero attached hydrogens (tertiary/aromatic N) is 1. The second kappa shape index (κ2) is 9.09. The van der Waals surface area contributed by atoms with Crippen LogP contribution >= 0.6 is 36.2 Å². The molecule has 2 aromatic rings. The zero-order chi connectivity index (χ0) is 13.9. The molecule has 2 heterocycles. The van der Waals surface area contributed by atoms with E-state index in [-0.39, 0.29) is 24.8 Å². The molecule has 3 rings (SSSR count). The number of rotatable bonds is 4. The Hall–Kier alpha value is -0.320. The largest absolute Gasteiger partial charge is 0.314 e. The molecule has 0 spiro atoms. The van der Waals surface area contributed by atoms with Crippen molar-refractivity contribution in [2.24, 2.45) is 5.92 Å². The first-order valence-electron chi connectivity index (χ1n) is 7.72. The maximum Gasteiger partial charge on any atom is 0.0389 e. The van der Waals surface area contributed by atoms with Gasteiger partial charge in [-0.15, -0.1) is 36.2 Å². The summed E-state index contributed by atoms with van der Waals surface area (Å²) < 4.78 is 1.42. The van der Waals surface area contributed by atoms with Gasteiger partial charge in [0.1, 0.15) is 0 Å². The molecule has 5 heteroatoms. The third kappa shape index (κ3) is 3.95.